The number of thioether (sulfide) groups is 1. The fourth-order valence-corrected chi connectivity index (χ4v) is 5.44. The first-order valence-corrected chi connectivity index (χ1v) is 13.4. The summed E-state index contributed by atoms with van der Waals surface area (Å²) < 4.78 is 23.4. The summed E-state index contributed by atoms with van der Waals surface area (Å²) in [5.74, 6) is 0.474. The molecule has 31 heavy (non-hydrogen) atoms. The maximum atomic E-state index is 12.9. The van der Waals surface area contributed by atoms with Crippen LogP contribution in [0.5, 0.6) is 0 Å². The number of hydrogen-bond acceptors (Lipinski definition) is 10. The lowest BCUT2D eigenvalue weighted by Crippen LogP contribution is -2.28. The lowest BCUT2D eigenvalue weighted by molar-refractivity contribution is 0.0969. The van der Waals surface area contributed by atoms with Gasteiger partial charge in [-0.2, -0.15) is 5.10 Å². The standard InChI is InChI=1S/C18H16N6O3S4/c1-31(26,27)12-4-2-11(3-5-12)29-13-6-7-14(30-18-20-10-21-24-18)22-15(13)16(25)23-17-19-8-9-28-17/h2-7,10H,8-9H2,1H3,(H,19,23,25)(H,20,21,24). The van der Waals surface area contributed by atoms with Crippen LogP contribution in [0.25, 0.3) is 0 Å². The van der Waals surface area contributed by atoms with Crippen LogP contribution in [0.4, 0.5) is 0 Å². The second kappa shape index (κ2) is 9.42. The van der Waals surface area contributed by atoms with E-state index in [1.54, 1.807) is 36.4 Å². The highest BCUT2D eigenvalue weighted by molar-refractivity contribution is 8.14. The molecule has 0 fully saturated rings. The first-order chi connectivity index (χ1) is 14.9. The second-order valence-electron chi connectivity index (χ2n) is 6.22. The molecule has 3 aromatic rings. The Labute approximate surface area is 191 Å². The van der Waals surface area contributed by atoms with Crippen molar-refractivity contribution in [3.8, 4) is 0 Å². The van der Waals surface area contributed by atoms with Crippen molar-refractivity contribution in [2.24, 2.45) is 4.99 Å². The Kier molecular flexibility index (Phi) is 6.65. The van der Waals surface area contributed by atoms with Gasteiger partial charge in [-0.05, 0) is 48.2 Å². The molecule has 1 aromatic carbocycles. The third kappa shape index (κ3) is 5.67. The molecule has 0 spiro atoms. The van der Waals surface area contributed by atoms with Crippen LogP contribution in [-0.4, -0.2) is 58.2 Å². The Morgan fingerprint density at radius 1 is 1.16 bits per heavy atom. The number of hydrogen-bond donors (Lipinski definition) is 2. The number of nitrogens with zero attached hydrogens (tertiary/aromatic N) is 4. The number of amidine groups is 1. The number of sulfone groups is 1. The third-order valence-electron chi connectivity index (χ3n) is 3.93. The van der Waals surface area contributed by atoms with E-state index < -0.39 is 9.84 Å². The van der Waals surface area contributed by atoms with Crippen molar-refractivity contribution in [1.29, 1.82) is 0 Å². The Morgan fingerprint density at radius 2 is 1.97 bits per heavy atom. The molecule has 160 valence electrons. The lowest BCUT2D eigenvalue weighted by Gasteiger charge is -2.11. The zero-order chi connectivity index (χ0) is 21.8. The van der Waals surface area contributed by atoms with Crippen LogP contribution < -0.4 is 5.32 Å². The van der Waals surface area contributed by atoms with Crippen molar-refractivity contribution < 1.29 is 13.2 Å². The number of benzene rings is 1. The molecule has 0 radical (unpaired) electrons. The molecule has 0 bridgehead atoms. The van der Waals surface area contributed by atoms with Crippen molar-refractivity contribution in [2.75, 3.05) is 18.6 Å². The molecule has 0 saturated carbocycles. The van der Waals surface area contributed by atoms with E-state index >= 15 is 0 Å². The van der Waals surface area contributed by atoms with Crippen LogP contribution in [0, 0.1) is 0 Å². The SMILES string of the molecule is CS(=O)(=O)c1ccc(Sc2ccc(Sc3ncn[nH]3)nc2C(=O)NC2=NCCS2)cc1. The first-order valence-electron chi connectivity index (χ1n) is 8.89. The predicted octanol–water partition coefficient (Wildman–Crippen LogP) is 2.74. The van der Waals surface area contributed by atoms with E-state index in [4.69, 9.17) is 0 Å². The van der Waals surface area contributed by atoms with Gasteiger partial charge in [0.25, 0.3) is 5.91 Å². The van der Waals surface area contributed by atoms with Crippen LogP contribution in [0.15, 0.2) is 72.6 Å². The van der Waals surface area contributed by atoms with Crippen molar-refractivity contribution in [3.05, 3.63) is 48.4 Å². The minimum atomic E-state index is -3.28. The Morgan fingerprint density at radius 3 is 2.61 bits per heavy atom. The van der Waals surface area contributed by atoms with Crippen LogP contribution in [0.3, 0.4) is 0 Å². The van der Waals surface area contributed by atoms with Gasteiger partial charge in [0.1, 0.15) is 17.0 Å². The number of H-pyrrole nitrogens is 1. The molecule has 0 atom stereocenters. The maximum absolute atomic E-state index is 12.9. The average Bonchev–Trinajstić information content (AvgIpc) is 3.43. The number of rotatable bonds is 6. The molecule has 1 aliphatic rings. The van der Waals surface area contributed by atoms with Crippen molar-refractivity contribution in [3.63, 3.8) is 0 Å². The zero-order valence-corrected chi connectivity index (χ0v) is 19.4. The summed E-state index contributed by atoms with van der Waals surface area (Å²) in [5, 5.41) is 11.1. The van der Waals surface area contributed by atoms with Crippen molar-refractivity contribution in [1.82, 2.24) is 25.5 Å². The van der Waals surface area contributed by atoms with Gasteiger partial charge in [-0.15, -0.1) is 0 Å². The monoisotopic (exact) mass is 492 g/mol. The van der Waals surface area contributed by atoms with Gasteiger partial charge in [0.15, 0.2) is 20.2 Å². The van der Waals surface area contributed by atoms with E-state index in [1.165, 1.54) is 41.6 Å². The van der Waals surface area contributed by atoms with Gasteiger partial charge in [-0.25, -0.2) is 18.4 Å². The van der Waals surface area contributed by atoms with Gasteiger partial charge in [-0.1, -0.05) is 23.5 Å². The van der Waals surface area contributed by atoms with E-state index in [2.05, 4.69) is 30.5 Å². The van der Waals surface area contributed by atoms with E-state index in [0.717, 1.165) is 16.9 Å². The summed E-state index contributed by atoms with van der Waals surface area (Å²) in [6.45, 7) is 0.670. The molecule has 0 saturated heterocycles. The quantitative estimate of drug-likeness (QED) is 0.533. The van der Waals surface area contributed by atoms with Crippen LogP contribution in [-0.2, 0) is 9.84 Å². The Hall–Kier alpha value is -2.35. The molecular formula is C18H16N6O3S4. The highest BCUT2D eigenvalue weighted by atomic mass is 32.2. The number of amides is 1. The fraction of sp³-hybridized carbons (Fsp3) is 0.167. The Balaban J connectivity index is 1.62. The van der Waals surface area contributed by atoms with Gasteiger partial charge < -0.3 is 0 Å². The molecule has 0 unspecified atom stereocenters. The van der Waals surface area contributed by atoms with Gasteiger partial charge in [0.05, 0.1) is 11.4 Å². The van der Waals surface area contributed by atoms with Crippen LogP contribution in [0.1, 0.15) is 10.5 Å². The van der Waals surface area contributed by atoms with Crippen LogP contribution >= 0.6 is 35.3 Å². The summed E-state index contributed by atoms with van der Waals surface area (Å²) in [4.78, 5) is 27.5. The van der Waals surface area contributed by atoms with E-state index in [1.807, 2.05) is 0 Å². The molecule has 2 N–H and O–H groups in total. The van der Waals surface area contributed by atoms with Gasteiger partial charge in [0.2, 0.25) is 0 Å². The number of pyridine rings is 1. The molecule has 1 amide bonds. The minimum Gasteiger partial charge on any atom is -0.300 e. The first kappa shape index (κ1) is 21.9. The molecule has 1 aliphatic heterocycles. The average molecular weight is 493 g/mol. The van der Waals surface area contributed by atoms with Gasteiger partial charge >= 0.3 is 0 Å². The topological polar surface area (TPSA) is 130 Å². The molecule has 13 heteroatoms. The summed E-state index contributed by atoms with van der Waals surface area (Å²) in [6, 6.07) is 10.1. The van der Waals surface area contributed by atoms with Gasteiger partial charge in [0, 0.05) is 21.8 Å². The molecule has 9 nitrogen and oxygen atoms in total. The van der Waals surface area contributed by atoms with Crippen molar-refractivity contribution in [2.45, 2.75) is 24.9 Å². The highest BCUT2D eigenvalue weighted by Crippen LogP contribution is 2.33. The highest BCUT2D eigenvalue weighted by Gasteiger charge is 2.20. The molecule has 0 aliphatic carbocycles. The number of aromatic nitrogens is 4. The molecular weight excluding hydrogens is 477 g/mol. The fourth-order valence-electron chi connectivity index (χ4n) is 2.52. The van der Waals surface area contributed by atoms with Crippen LogP contribution in [0.2, 0.25) is 0 Å². The molecule has 3 heterocycles. The number of carbonyl (C=O) groups is 1. The molecule has 2 aromatic heterocycles. The predicted molar refractivity (Wildman–Crippen MR) is 121 cm³/mol. The zero-order valence-electron chi connectivity index (χ0n) is 16.1. The number of nitrogens with one attached hydrogen (secondary N) is 2. The summed E-state index contributed by atoms with van der Waals surface area (Å²) >= 11 is 4.07. The normalized spacial score (nSPS) is 13.8. The smallest absolute Gasteiger partial charge is 0.277 e. The van der Waals surface area contributed by atoms with E-state index in [-0.39, 0.29) is 16.5 Å². The largest absolute Gasteiger partial charge is 0.300 e. The van der Waals surface area contributed by atoms with E-state index in [9.17, 15) is 13.2 Å². The number of aromatic amines is 1. The maximum Gasteiger partial charge on any atom is 0.277 e. The number of aliphatic imine (C=N–C) groups is 1. The minimum absolute atomic E-state index is 0.239. The molecule has 4 rings (SSSR count). The summed E-state index contributed by atoms with van der Waals surface area (Å²) in [6.07, 6.45) is 2.56. The second-order valence-corrected chi connectivity index (χ2v) is 11.4. The van der Waals surface area contributed by atoms with Crippen molar-refractivity contribution >= 4 is 56.2 Å². The number of carbonyl (C=O) groups excluding carboxylic acids is 1. The summed E-state index contributed by atoms with van der Waals surface area (Å²) in [7, 11) is -3.28. The lowest BCUT2D eigenvalue weighted by atomic mass is 10.3. The van der Waals surface area contributed by atoms with Gasteiger partial charge in [-0.3, -0.25) is 20.2 Å². The Bertz CT molecular complexity index is 1230. The van der Waals surface area contributed by atoms with E-state index in [0.29, 0.717) is 26.8 Å². The summed E-state index contributed by atoms with van der Waals surface area (Å²) in [5.41, 5.74) is 0.247. The third-order valence-corrected chi connectivity index (χ3v) is 7.83.